The molecule has 2 rings (SSSR count). The summed E-state index contributed by atoms with van der Waals surface area (Å²) in [5.74, 6) is 0.803. The van der Waals surface area contributed by atoms with Crippen LogP contribution in [0.15, 0.2) is 0 Å². The minimum absolute atomic E-state index is 0.531. The lowest BCUT2D eigenvalue weighted by Gasteiger charge is -2.38. The summed E-state index contributed by atoms with van der Waals surface area (Å²) in [7, 11) is 0. The number of nitrogens with one attached hydrogen (secondary N) is 1. The molecule has 5 nitrogen and oxygen atoms in total. The van der Waals surface area contributed by atoms with Crippen LogP contribution in [-0.2, 0) is 12.8 Å². The van der Waals surface area contributed by atoms with Crippen LogP contribution < -0.4 is 10.2 Å². The predicted octanol–water partition coefficient (Wildman–Crippen LogP) is 1.18. The molecule has 1 aliphatic heterocycles. The van der Waals surface area contributed by atoms with Crippen molar-refractivity contribution in [2.45, 2.75) is 46.1 Å². The normalized spacial score (nSPS) is 15.5. The first-order valence-electron chi connectivity index (χ1n) is 6.99. The molecule has 1 N–H and O–H groups in total. The molecule has 5 heteroatoms. The second-order valence-corrected chi connectivity index (χ2v) is 4.72. The Morgan fingerprint density at radius 3 is 2.33 bits per heavy atom. The minimum Gasteiger partial charge on any atom is -0.334 e. The van der Waals surface area contributed by atoms with Crippen molar-refractivity contribution >= 4 is 5.95 Å². The quantitative estimate of drug-likeness (QED) is 0.820. The predicted molar refractivity (Wildman–Crippen MR) is 72.9 cm³/mol. The molecule has 0 amide bonds. The average molecular weight is 249 g/mol. The van der Waals surface area contributed by atoms with Crippen LogP contribution in [0.3, 0.4) is 0 Å². The van der Waals surface area contributed by atoms with Crippen molar-refractivity contribution in [2.75, 3.05) is 24.5 Å². The van der Waals surface area contributed by atoms with Crippen LogP contribution in [0.2, 0.25) is 0 Å². The first kappa shape index (κ1) is 13.2. The van der Waals surface area contributed by atoms with Gasteiger partial charge in [-0.3, -0.25) is 0 Å². The summed E-state index contributed by atoms with van der Waals surface area (Å²) < 4.78 is 0. The van der Waals surface area contributed by atoms with E-state index in [0.29, 0.717) is 6.04 Å². The standard InChI is InChI=1S/C13H23N5/c1-4-7-18(10-8-14-9-10)13-15-11(5-2)12(6-3)16-17-13/h10,14H,4-9H2,1-3H3. The topological polar surface area (TPSA) is 53.9 Å². The summed E-state index contributed by atoms with van der Waals surface area (Å²) in [5.41, 5.74) is 2.13. The van der Waals surface area contributed by atoms with Crippen molar-refractivity contribution in [1.29, 1.82) is 0 Å². The van der Waals surface area contributed by atoms with Crippen molar-refractivity contribution in [2.24, 2.45) is 0 Å². The molecule has 2 heterocycles. The molecule has 1 aliphatic rings. The Morgan fingerprint density at radius 1 is 1.11 bits per heavy atom. The van der Waals surface area contributed by atoms with Crippen molar-refractivity contribution in [3.05, 3.63) is 11.4 Å². The second kappa shape index (κ2) is 6.09. The Labute approximate surface area is 109 Å². The maximum atomic E-state index is 4.71. The maximum absolute atomic E-state index is 4.71. The summed E-state index contributed by atoms with van der Waals surface area (Å²) in [6, 6.07) is 0.531. The summed E-state index contributed by atoms with van der Waals surface area (Å²) >= 11 is 0. The van der Waals surface area contributed by atoms with Gasteiger partial charge in [0.2, 0.25) is 5.95 Å². The van der Waals surface area contributed by atoms with Crippen molar-refractivity contribution in [1.82, 2.24) is 20.5 Å². The molecule has 0 radical (unpaired) electrons. The molecule has 1 saturated heterocycles. The van der Waals surface area contributed by atoms with Gasteiger partial charge in [0.1, 0.15) is 0 Å². The largest absolute Gasteiger partial charge is 0.334 e. The van der Waals surface area contributed by atoms with Crippen LogP contribution in [0, 0.1) is 0 Å². The van der Waals surface area contributed by atoms with Gasteiger partial charge in [-0.15, -0.1) is 5.10 Å². The van der Waals surface area contributed by atoms with Gasteiger partial charge in [0.25, 0.3) is 0 Å². The Balaban J connectivity index is 2.23. The first-order chi connectivity index (χ1) is 8.80. The van der Waals surface area contributed by atoms with E-state index in [-0.39, 0.29) is 0 Å². The highest BCUT2D eigenvalue weighted by Gasteiger charge is 2.26. The van der Waals surface area contributed by atoms with Gasteiger partial charge < -0.3 is 10.2 Å². The zero-order valence-corrected chi connectivity index (χ0v) is 11.6. The number of anilines is 1. The number of nitrogens with zero attached hydrogens (tertiary/aromatic N) is 4. The minimum atomic E-state index is 0.531. The number of aromatic nitrogens is 3. The third-order valence-corrected chi connectivity index (χ3v) is 3.42. The van der Waals surface area contributed by atoms with E-state index in [4.69, 9.17) is 4.98 Å². The third kappa shape index (κ3) is 2.61. The first-order valence-corrected chi connectivity index (χ1v) is 6.99. The van der Waals surface area contributed by atoms with Gasteiger partial charge in [-0.05, 0) is 19.3 Å². The van der Waals surface area contributed by atoms with E-state index in [1.165, 1.54) is 0 Å². The van der Waals surface area contributed by atoms with E-state index < -0.39 is 0 Å². The lowest BCUT2D eigenvalue weighted by atomic mass is 10.1. The monoisotopic (exact) mass is 249 g/mol. The summed E-state index contributed by atoms with van der Waals surface area (Å²) in [6.07, 6.45) is 2.94. The zero-order chi connectivity index (χ0) is 13.0. The van der Waals surface area contributed by atoms with Gasteiger partial charge in [0.05, 0.1) is 17.4 Å². The summed E-state index contributed by atoms with van der Waals surface area (Å²) in [5, 5.41) is 12.0. The van der Waals surface area contributed by atoms with Crippen LogP contribution in [0.1, 0.15) is 38.6 Å². The van der Waals surface area contributed by atoms with Gasteiger partial charge >= 0.3 is 0 Å². The molecule has 0 bridgehead atoms. The fraction of sp³-hybridized carbons (Fsp3) is 0.769. The molecule has 0 aromatic carbocycles. The van der Waals surface area contributed by atoms with E-state index in [1.807, 2.05) is 0 Å². The fourth-order valence-corrected chi connectivity index (χ4v) is 2.23. The Morgan fingerprint density at radius 2 is 1.83 bits per heavy atom. The van der Waals surface area contributed by atoms with Crippen molar-refractivity contribution in [3.63, 3.8) is 0 Å². The molecule has 0 unspecified atom stereocenters. The van der Waals surface area contributed by atoms with Gasteiger partial charge in [-0.25, -0.2) is 4.98 Å². The van der Waals surface area contributed by atoms with Gasteiger partial charge in [-0.2, -0.15) is 5.10 Å². The van der Waals surface area contributed by atoms with Crippen LogP contribution >= 0.6 is 0 Å². The van der Waals surface area contributed by atoms with Gasteiger partial charge in [-0.1, -0.05) is 20.8 Å². The number of aryl methyl sites for hydroxylation is 2. The molecular weight excluding hydrogens is 226 g/mol. The van der Waals surface area contributed by atoms with Crippen LogP contribution in [0.5, 0.6) is 0 Å². The number of hydrogen-bond acceptors (Lipinski definition) is 5. The van der Waals surface area contributed by atoms with Gasteiger partial charge in [0.15, 0.2) is 0 Å². The highest BCUT2D eigenvalue weighted by atomic mass is 15.4. The molecule has 1 fully saturated rings. The zero-order valence-electron chi connectivity index (χ0n) is 11.6. The van der Waals surface area contributed by atoms with E-state index in [0.717, 1.165) is 56.2 Å². The maximum Gasteiger partial charge on any atom is 0.245 e. The Hall–Kier alpha value is -1.23. The van der Waals surface area contributed by atoms with Crippen molar-refractivity contribution in [3.8, 4) is 0 Å². The second-order valence-electron chi connectivity index (χ2n) is 4.72. The molecule has 0 spiro atoms. The Kier molecular flexibility index (Phi) is 4.47. The van der Waals surface area contributed by atoms with Crippen molar-refractivity contribution < 1.29 is 0 Å². The SMILES string of the molecule is CCCN(c1nnc(CC)c(CC)n1)C1CNC1. The fourth-order valence-electron chi connectivity index (χ4n) is 2.23. The van der Waals surface area contributed by atoms with E-state index in [1.54, 1.807) is 0 Å². The van der Waals surface area contributed by atoms with E-state index in [9.17, 15) is 0 Å². The van der Waals surface area contributed by atoms with Crippen LogP contribution in [0.4, 0.5) is 5.95 Å². The van der Waals surface area contributed by atoms with Gasteiger partial charge in [0, 0.05) is 19.6 Å². The lowest BCUT2D eigenvalue weighted by molar-refractivity contribution is 0.406. The molecule has 18 heavy (non-hydrogen) atoms. The summed E-state index contributed by atoms with van der Waals surface area (Å²) in [6.45, 7) is 9.48. The van der Waals surface area contributed by atoms with E-state index >= 15 is 0 Å². The highest BCUT2D eigenvalue weighted by molar-refractivity contribution is 5.33. The van der Waals surface area contributed by atoms with Crippen LogP contribution in [-0.4, -0.2) is 40.9 Å². The van der Waals surface area contributed by atoms with E-state index in [2.05, 4.69) is 41.2 Å². The lowest BCUT2D eigenvalue weighted by Crippen LogP contribution is -2.58. The molecule has 0 aliphatic carbocycles. The third-order valence-electron chi connectivity index (χ3n) is 3.42. The number of rotatable bonds is 6. The van der Waals surface area contributed by atoms with Crippen LogP contribution in [0.25, 0.3) is 0 Å². The average Bonchev–Trinajstić information content (AvgIpc) is 2.35. The number of hydrogen-bond donors (Lipinski definition) is 1. The molecular formula is C13H23N5. The smallest absolute Gasteiger partial charge is 0.245 e. The molecule has 1 aromatic heterocycles. The molecule has 0 atom stereocenters. The highest BCUT2D eigenvalue weighted by Crippen LogP contribution is 2.16. The molecule has 0 saturated carbocycles. The Bertz CT molecular complexity index is 389. The summed E-state index contributed by atoms with van der Waals surface area (Å²) in [4.78, 5) is 7.00. The molecule has 100 valence electrons. The molecule has 1 aromatic rings.